The predicted molar refractivity (Wildman–Crippen MR) is 93.4 cm³/mol. The molecule has 2 aromatic rings. The van der Waals surface area contributed by atoms with E-state index in [0.717, 1.165) is 11.3 Å². The first-order valence-corrected chi connectivity index (χ1v) is 8.73. The molecule has 7 nitrogen and oxygen atoms in total. The Balaban J connectivity index is 1.45. The van der Waals surface area contributed by atoms with Crippen LogP contribution in [0.4, 0.5) is 0 Å². The molecule has 3 rings (SSSR count). The number of oxazole rings is 1. The Morgan fingerprint density at radius 2 is 2.08 bits per heavy atom. The molecular formula is C19H22N2O5. The van der Waals surface area contributed by atoms with Crippen LogP contribution in [0, 0.1) is 0 Å². The summed E-state index contributed by atoms with van der Waals surface area (Å²) in [4.78, 5) is 29.0. The van der Waals surface area contributed by atoms with Crippen molar-refractivity contribution in [3.8, 4) is 11.3 Å². The van der Waals surface area contributed by atoms with E-state index in [2.05, 4.69) is 4.98 Å². The van der Waals surface area contributed by atoms with Crippen molar-refractivity contribution in [1.29, 1.82) is 0 Å². The molecule has 2 heterocycles. The number of carboxylic acid groups (broad SMARTS) is 1. The number of hydrogen-bond acceptors (Lipinski definition) is 5. The molecule has 1 aliphatic rings. The van der Waals surface area contributed by atoms with Crippen LogP contribution in [0.25, 0.3) is 11.3 Å². The quantitative estimate of drug-likeness (QED) is 0.817. The molecule has 26 heavy (non-hydrogen) atoms. The summed E-state index contributed by atoms with van der Waals surface area (Å²) >= 11 is 0. The van der Waals surface area contributed by atoms with Gasteiger partial charge in [-0.2, -0.15) is 0 Å². The van der Waals surface area contributed by atoms with Crippen LogP contribution in [0.3, 0.4) is 0 Å². The highest BCUT2D eigenvalue weighted by Crippen LogP contribution is 2.20. The number of aryl methyl sites for hydroxylation is 1. The first-order chi connectivity index (χ1) is 12.6. The molecule has 1 atom stereocenters. The van der Waals surface area contributed by atoms with Gasteiger partial charge in [0.25, 0.3) is 0 Å². The van der Waals surface area contributed by atoms with Crippen LogP contribution in [-0.4, -0.2) is 52.7 Å². The minimum Gasteiger partial charge on any atom is -0.481 e. The first kappa shape index (κ1) is 18.1. The van der Waals surface area contributed by atoms with Gasteiger partial charge in [-0.05, 0) is 6.42 Å². The highest BCUT2D eigenvalue weighted by atomic mass is 16.5. The minimum atomic E-state index is -0.914. The molecule has 138 valence electrons. The topological polar surface area (TPSA) is 92.9 Å². The molecule has 1 aliphatic heterocycles. The molecule has 1 aromatic heterocycles. The molecule has 0 unspecified atom stereocenters. The normalized spacial score (nSPS) is 17.2. The summed E-state index contributed by atoms with van der Waals surface area (Å²) in [5.74, 6) is 0.431. The number of amides is 1. The second kappa shape index (κ2) is 8.62. The number of carboxylic acids is 1. The van der Waals surface area contributed by atoms with Crippen LogP contribution in [0.2, 0.25) is 0 Å². The SMILES string of the molecule is O=C(O)C[C@H]1CN(C(=O)CCCc2ncc(-c3ccccc3)o2)CCO1. The number of aromatic nitrogens is 1. The van der Waals surface area contributed by atoms with Gasteiger partial charge in [-0.1, -0.05) is 30.3 Å². The number of morpholine rings is 1. The fraction of sp³-hybridized carbons (Fsp3) is 0.421. The maximum absolute atomic E-state index is 12.3. The zero-order valence-corrected chi connectivity index (χ0v) is 14.5. The Kier molecular flexibility index (Phi) is 6.01. The molecule has 7 heteroatoms. The van der Waals surface area contributed by atoms with Crippen molar-refractivity contribution >= 4 is 11.9 Å². The molecule has 0 radical (unpaired) electrons. The average Bonchev–Trinajstić information content (AvgIpc) is 3.11. The van der Waals surface area contributed by atoms with Gasteiger partial charge in [0.2, 0.25) is 5.91 Å². The Morgan fingerprint density at radius 3 is 2.85 bits per heavy atom. The highest BCUT2D eigenvalue weighted by Gasteiger charge is 2.25. The van der Waals surface area contributed by atoms with Gasteiger partial charge in [0.05, 0.1) is 25.3 Å². The lowest BCUT2D eigenvalue weighted by Crippen LogP contribution is -2.46. The maximum Gasteiger partial charge on any atom is 0.306 e. The van der Waals surface area contributed by atoms with Crippen molar-refractivity contribution in [3.63, 3.8) is 0 Å². The van der Waals surface area contributed by atoms with E-state index in [1.54, 1.807) is 11.1 Å². The summed E-state index contributed by atoms with van der Waals surface area (Å²) in [7, 11) is 0. The van der Waals surface area contributed by atoms with E-state index in [1.807, 2.05) is 30.3 Å². The van der Waals surface area contributed by atoms with Gasteiger partial charge in [-0.15, -0.1) is 0 Å². The summed E-state index contributed by atoms with van der Waals surface area (Å²) in [6.07, 6.45) is 2.79. The third-order valence-corrected chi connectivity index (χ3v) is 4.29. The van der Waals surface area contributed by atoms with Gasteiger partial charge in [0.1, 0.15) is 0 Å². The summed E-state index contributed by atoms with van der Waals surface area (Å²) in [6, 6.07) is 9.74. The molecule has 1 aromatic carbocycles. The van der Waals surface area contributed by atoms with Crippen molar-refractivity contribution in [2.45, 2.75) is 31.8 Å². The second-order valence-electron chi connectivity index (χ2n) is 6.27. The third-order valence-electron chi connectivity index (χ3n) is 4.29. The summed E-state index contributed by atoms with van der Waals surface area (Å²) in [6.45, 7) is 1.22. The van der Waals surface area contributed by atoms with E-state index in [4.69, 9.17) is 14.3 Å². The van der Waals surface area contributed by atoms with E-state index in [0.29, 0.717) is 44.8 Å². The summed E-state index contributed by atoms with van der Waals surface area (Å²) in [5.41, 5.74) is 0.972. The molecule has 0 saturated carbocycles. The number of carbonyl (C=O) groups is 2. The number of ether oxygens (including phenoxy) is 1. The van der Waals surface area contributed by atoms with Crippen LogP contribution in [-0.2, 0) is 20.7 Å². The summed E-state index contributed by atoms with van der Waals surface area (Å²) in [5, 5.41) is 8.84. The van der Waals surface area contributed by atoms with Gasteiger partial charge >= 0.3 is 5.97 Å². The van der Waals surface area contributed by atoms with Crippen LogP contribution in [0.1, 0.15) is 25.2 Å². The van der Waals surface area contributed by atoms with Crippen molar-refractivity contribution in [3.05, 3.63) is 42.4 Å². The van der Waals surface area contributed by atoms with E-state index >= 15 is 0 Å². The zero-order valence-electron chi connectivity index (χ0n) is 14.5. The molecule has 1 N–H and O–H groups in total. The fourth-order valence-electron chi connectivity index (χ4n) is 2.97. The Hall–Kier alpha value is -2.67. The molecule has 1 amide bonds. The molecule has 0 spiro atoms. The van der Waals surface area contributed by atoms with E-state index in [-0.39, 0.29) is 12.3 Å². The van der Waals surface area contributed by atoms with E-state index in [9.17, 15) is 9.59 Å². The third kappa shape index (κ3) is 4.92. The van der Waals surface area contributed by atoms with Crippen molar-refractivity contribution in [2.75, 3.05) is 19.7 Å². The lowest BCUT2D eigenvalue weighted by Gasteiger charge is -2.32. The molecule has 1 fully saturated rings. The lowest BCUT2D eigenvalue weighted by molar-refractivity contribution is -0.147. The smallest absolute Gasteiger partial charge is 0.306 e. The number of carbonyl (C=O) groups excluding carboxylic acids is 1. The van der Waals surface area contributed by atoms with Gasteiger partial charge < -0.3 is 19.2 Å². The van der Waals surface area contributed by atoms with Crippen molar-refractivity contribution < 1.29 is 23.8 Å². The van der Waals surface area contributed by atoms with Crippen LogP contribution < -0.4 is 0 Å². The van der Waals surface area contributed by atoms with Gasteiger partial charge in [0, 0.05) is 31.5 Å². The van der Waals surface area contributed by atoms with Crippen LogP contribution in [0.15, 0.2) is 40.9 Å². The Labute approximate surface area is 151 Å². The number of rotatable bonds is 7. The largest absolute Gasteiger partial charge is 0.481 e. The standard InChI is InChI=1S/C19H22N2O5/c22-18(21-9-10-25-15(13-21)11-19(23)24)8-4-7-17-20-12-16(26-17)14-5-2-1-3-6-14/h1-3,5-6,12,15H,4,7-11,13H2,(H,23,24)/t15-/m0/s1. The van der Waals surface area contributed by atoms with E-state index < -0.39 is 12.1 Å². The Morgan fingerprint density at radius 1 is 1.27 bits per heavy atom. The van der Waals surface area contributed by atoms with Gasteiger partial charge in [0.15, 0.2) is 11.7 Å². The highest BCUT2D eigenvalue weighted by molar-refractivity contribution is 5.76. The van der Waals surface area contributed by atoms with Gasteiger partial charge in [-0.3, -0.25) is 9.59 Å². The molecular weight excluding hydrogens is 336 g/mol. The van der Waals surface area contributed by atoms with Crippen molar-refractivity contribution in [2.24, 2.45) is 0 Å². The number of aliphatic carboxylic acids is 1. The zero-order chi connectivity index (χ0) is 18.4. The Bertz CT molecular complexity index is 743. The maximum atomic E-state index is 12.3. The second-order valence-corrected chi connectivity index (χ2v) is 6.27. The predicted octanol–water partition coefficient (Wildman–Crippen LogP) is 2.37. The molecule has 1 saturated heterocycles. The minimum absolute atomic E-state index is 0.0125. The number of nitrogens with zero attached hydrogens (tertiary/aromatic N) is 2. The fourth-order valence-corrected chi connectivity index (χ4v) is 2.97. The van der Waals surface area contributed by atoms with Crippen molar-refractivity contribution in [1.82, 2.24) is 9.88 Å². The van der Waals surface area contributed by atoms with E-state index in [1.165, 1.54) is 0 Å². The molecule has 0 bridgehead atoms. The average molecular weight is 358 g/mol. The van der Waals surface area contributed by atoms with Gasteiger partial charge in [-0.25, -0.2) is 4.98 Å². The van der Waals surface area contributed by atoms with Crippen LogP contribution >= 0.6 is 0 Å². The number of benzene rings is 1. The number of hydrogen-bond donors (Lipinski definition) is 1. The molecule has 0 aliphatic carbocycles. The van der Waals surface area contributed by atoms with Crippen LogP contribution in [0.5, 0.6) is 0 Å². The lowest BCUT2D eigenvalue weighted by atomic mass is 10.1. The first-order valence-electron chi connectivity index (χ1n) is 8.73. The monoisotopic (exact) mass is 358 g/mol. The summed E-state index contributed by atoms with van der Waals surface area (Å²) < 4.78 is 11.1.